The maximum absolute atomic E-state index is 13.0. The molecule has 8 nitrogen and oxygen atoms in total. The van der Waals surface area contributed by atoms with Crippen LogP contribution >= 0.6 is 0 Å². The molecule has 8 heteroatoms. The highest BCUT2D eigenvalue weighted by Crippen LogP contribution is 2.56. The summed E-state index contributed by atoms with van der Waals surface area (Å²) in [4.78, 5) is 13.0. The number of aliphatic hydroxyl groups excluding tert-OH is 1. The van der Waals surface area contributed by atoms with Crippen LogP contribution in [0.3, 0.4) is 0 Å². The Morgan fingerprint density at radius 1 is 0.895 bits per heavy atom. The first-order valence-electron chi connectivity index (χ1n) is 12.9. The minimum atomic E-state index is -0.915. The minimum absolute atomic E-state index is 0.00994. The van der Waals surface area contributed by atoms with Gasteiger partial charge in [0.1, 0.15) is 17.2 Å². The Morgan fingerprint density at radius 3 is 2.32 bits per heavy atom. The Kier molecular flexibility index (Phi) is 7.60. The van der Waals surface area contributed by atoms with Gasteiger partial charge in [-0.25, -0.2) is 0 Å². The van der Waals surface area contributed by atoms with E-state index in [9.17, 15) is 15.0 Å². The number of carboxylic acids is 1. The fourth-order valence-corrected chi connectivity index (χ4v) is 5.39. The molecule has 0 bridgehead atoms. The van der Waals surface area contributed by atoms with Gasteiger partial charge in [-0.3, -0.25) is 4.79 Å². The summed E-state index contributed by atoms with van der Waals surface area (Å²) in [6, 6.07) is 17.0. The summed E-state index contributed by atoms with van der Waals surface area (Å²) in [6.45, 7) is 2.98. The molecule has 1 heterocycles. The first-order chi connectivity index (χ1) is 18.5. The van der Waals surface area contributed by atoms with Gasteiger partial charge in [0.25, 0.3) is 0 Å². The van der Waals surface area contributed by atoms with E-state index in [-0.39, 0.29) is 20.0 Å². The normalized spacial score (nSPS) is 19.2. The molecule has 3 atom stereocenters. The number of benzene rings is 3. The monoisotopic (exact) mass is 520 g/mol. The van der Waals surface area contributed by atoms with E-state index in [0.29, 0.717) is 47.3 Å². The summed E-state index contributed by atoms with van der Waals surface area (Å²) < 4.78 is 28.6. The van der Waals surface area contributed by atoms with Crippen molar-refractivity contribution in [3.8, 4) is 28.7 Å². The van der Waals surface area contributed by atoms with Crippen molar-refractivity contribution in [2.75, 3.05) is 33.7 Å². The predicted octanol–water partition coefficient (Wildman–Crippen LogP) is 4.95. The maximum atomic E-state index is 13.0. The molecular weight excluding hydrogens is 488 g/mol. The summed E-state index contributed by atoms with van der Waals surface area (Å²) in [7, 11) is 1.60. The highest BCUT2D eigenvalue weighted by Gasteiger charge is 2.48. The highest BCUT2D eigenvalue weighted by molar-refractivity contribution is 5.78. The van der Waals surface area contributed by atoms with E-state index in [4.69, 9.17) is 23.7 Å². The van der Waals surface area contributed by atoms with Crippen LogP contribution in [0.2, 0.25) is 0 Å². The molecule has 1 aliphatic carbocycles. The predicted molar refractivity (Wildman–Crippen MR) is 140 cm³/mol. The van der Waals surface area contributed by atoms with Crippen molar-refractivity contribution in [3.63, 3.8) is 0 Å². The van der Waals surface area contributed by atoms with Crippen molar-refractivity contribution in [2.45, 2.75) is 31.6 Å². The average Bonchev–Trinajstić information content (AvgIpc) is 3.53. The second kappa shape index (κ2) is 11.2. The second-order valence-corrected chi connectivity index (χ2v) is 9.40. The lowest BCUT2D eigenvalue weighted by molar-refractivity contribution is -0.142. The number of hydrogen-bond donors (Lipinski definition) is 2. The van der Waals surface area contributed by atoms with Gasteiger partial charge < -0.3 is 33.9 Å². The quantitative estimate of drug-likeness (QED) is 0.342. The first kappa shape index (κ1) is 25.7. The molecule has 1 aliphatic heterocycles. The van der Waals surface area contributed by atoms with Crippen molar-refractivity contribution in [3.05, 3.63) is 76.9 Å². The van der Waals surface area contributed by atoms with Crippen molar-refractivity contribution < 1.29 is 38.7 Å². The lowest BCUT2D eigenvalue weighted by atomic mass is 9.79. The molecule has 3 aromatic carbocycles. The zero-order valence-corrected chi connectivity index (χ0v) is 21.5. The van der Waals surface area contributed by atoms with Crippen LogP contribution in [0.25, 0.3) is 0 Å². The molecule has 0 spiro atoms. The second-order valence-electron chi connectivity index (χ2n) is 9.40. The zero-order valence-electron chi connectivity index (χ0n) is 21.5. The smallest absolute Gasteiger partial charge is 0.308 e. The van der Waals surface area contributed by atoms with E-state index in [1.54, 1.807) is 13.2 Å². The molecule has 3 unspecified atom stereocenters. The molecule has 0 saturated carbocycles. The molecule has 2 aliphatic rings. The summed E-state index contributed by atoms with van der Waals surface area (Å²) >= 11 is 0. The molecule has 0 radical (unpaired) electrons. The molecule has 0 amide bonds. The molecule has 5 rings (SSSR count). The molecule has 0 fully saturated rings. The molecule has 3 aromatic rings. The van der Waals surface area contributed by atoms with Crippen LogP contribution in [0.1, 0.15) is 53.9 Å². The van der Waals surface area contributed by atoms with E-state index < -0.39 is 23.7 Å². The zero-order chi connectivity index (χ0) is 26.6. The van der Waals surface area contributed by atoms with Gasteiger partial charge in [0.05, 0.1) is 26.2 Å². The van der Waals surface area contributed by atoms with Crippen LogP contribution in [-0.4, -0.2) is 49.9 Å². The Morgan fingerprint density at radius 2 is 1.63 bits per heavy atom. The highest BCUT2D eigenvalue weighted by atomic mass is 16.7. The SMILES string of the molecule is CCCOc1ccc2c(c1)C(c1ccc(OC)cc1)C(C(=O)O)C2c1cc2c(cc1OCCCO)OCO2. The number of rotatable bonds is 11. The molecule has 0 aromatic heterocycles. The van der Waals surface area contributed by atoms with Crippen LogP contribution in [0.15, 0.2) is 54.6 Å². The average molecular weight is 521 g/mol. The number of aliphatic carboxylic acids is 1. The number of carboxylic acid groups (broad SMARTS) is 1. The van der Waals surface area contributed by atoms with Crippen molar-refractivity contribution in [2.24, 2.45) is 5.92 Å². The lowest BCUT2D eigenvalue weighted by Gasteiger charge is -2.25. The third kappa shape index (κ3) is 4.84. The summed E-state index contributed by atoms with van der Waals surface area (Å²) in [5.74, 6) is 0.343. The van der Waals surface area contributed by atoms with Crippen LogP contribution in [0.5, 0.6) is 28.7 Å². The van der Waals surface area contributed by atoms with Crippen molar-refractivity contribution >= 4 is 5.97 Å². The summed E-state index contributed by atoms with van der Waals surface area (Å²) in [6.07, 6.45) is 1.31. The fraction of sp³-hybridized carbons (Fsp3) is 0.367. The molecule has 38 heavy (non-hydrogen) atoms. The fourth-order valence-electron chi connectivity index (χ4n) is 5.39. The number of ether oxygens (including phenoxy) is 5. The van der Waals surface area contributed by atoms with Gasteiger partial charge in [0.15, 0.2) is 11.5 Å². The van der Waals surface area contributed by atoms with Crippen LogP contribution in [0.4, 0.5) is 0 Å². The summed E-state index contributed by atoms with van der Waals surface area (Å²) in [5.41, 5.74) is 3.38. The molecule has 2 N–H and O–H groups in total. The number of aliphatic hydroxyl groups is 1. The van der Waals surface area contributed by atoms with Gasteiger partial charge >= 0.3 is 5.97 Å². The Hall–Kier alpha value is -3.91. The lowest BCUT2D eigenvalue weighted by Crippen LogP contribution is -2.24. The third-order valence-corrected chi connectivity index (χ3v) is 7.08. The topological polar surface area (TPSA) is 104 Å². The van der Waals surface area contributed by atoms with Gasteiger partial charge in [-0.05, 0) is 53.4 Å². The van der Waals surface area contributed by atoms with Gasteiger partial charge in [0.2, 0.25) is 6.79 Å². The van der Waals surface area contributed by atoms with Gasteiger partial charge in [-0.2, -0.15) is 0 Å². The van der Waals surface area contributed by atoms with Gasteiger partial charge in [-0.1, -0.05) is 25.1 Å². The minimum Gasteiger partial charge on any atom is -0.497 e. The molecule has 0 saturated heterocycles. The Balaban J connectivity index is 1.67. The third-order valence-electron chi connectivity index (χ3n) is 7.08. The van der Waals surface area contributed by atoms with Gasteiger partial charge in [0, 0.05) is 36.5 Å². The van der Waals surface area contributed by atoms with E-state index in [1.165, 1.54) is 0 Å². The number of fused-ring (bicyclic) bond motifs is 2. The number of carbonyl (C=O) groups is 1. The molecule has 200 valence electrons. The standard InChI is InChI=1S/C30H32O8/c1-3-12-35-20-9-10-21-22(14-20)27(18-5-7-19(34-2)8-6-18)29(30(32)33)28(21)23-15-25-26(38-17-37-25)16-24(23)36-13-4-11-31/h5-10,14-16,27-29,31H,3-4,11-13,17H2,1-2H3,(H,32,33). The number of methoxy groups -OCH3 is 1. The van der Waals surface area contributed by atoms with Crippen LogP contribution in [0, 0.1) is 5.92 Å². The molecular formula is C30H32O8. The van der Waals surface area contributed by atoms with E-state index >= 15 is 0 Å². The van der Waals surface area contributed by atoms with E-state index in [0.717, 1.165) is 23.1 Å². The van der Waals surface area contributed by atoms with Gasteiger partial charge in [-0.15, -0.1) is 0 Å². The maximum Gasteiger partial charge on any atom is 0.308 e. The number of hydrogen-bond acceptors (Lipinski definition) is 7. The van der Waals surface area contributed by atoms with E-state index in [2.05, 4.69) is 0 Å². The van der Waals surface area contributed by atoms with E-state index in [1.807, 2.05) is 55.5 Å². The van der Waals surface area contributed by atoms with Crippen LogP contribution < -0.4 is 23.7 Å². The largest absolute Gasteiger partial charge is 0.497 e. The van der Waals surface area contributed by atoms with Crippen molar-refractivity contribution in [1.29, 1.82) is 0 Å². The first-order valence-corrected chi connectivity index (χ1v) is 12.9. The Bertz CT molecular complexity index is 1290. The van der Waals surface area contributed by atoms with Crippen molar-refractivity contribution in [1.82, 2.24) is 0 Å². The summed E-state index contributed by atoms with van der Waals surface area (Å²) in [5, 5.41) is 20.0. The Labute approximate surface area is 221 Å². The van der Waals surface area contributed by atoms with Crippen LogP contribution in [-0.2, 0) is 4.79 Å².